The lowest BCUT2D eigenvalue weighted by Gasteiger charge is -2.37. The van der Waals surface area contributed by atoms with E-state index in [0.717, 1.165) is 13.1 Å². The third kappa shape index (κ3) is 2.71. The molecule has 1 heterocycles. The van der Waals surface area contributed by atoms with Crippen LogP contribution in [0.4, 0.5) is 0 Å². The van der Waals surface area contributed by atoms with Gasteiger partial charge in [0.05, 0.1) is 6.07 Å². The normalized spacial score (nSPS) is 27.3. The lowest BCUT2D eigenvalue weighted by molar-refractivity contribution is -0.140. The SMILES string of the molecule is CC1CC(C)CN(C(=O)C(C)(C)C#N)C1. The molecule has 0 aromatic carbocycles. The highest BCUT2D eigenvalue weighted by atomic mass is 16.2. The molecule has 2 atom stereocenters. The number of rotatable bonds is 1. The van der Waals surface area contributed by atoms with Crippen LogP contribution in [0.25, 0.3) is 0 Å². The highest BCUT2D eigenvalue weighted by Gasteiger charge is 2.35. The second kappa shape index (κ2) is 4.22. The van der Waals surface area contributed by atoms with Crippen molar-refractivity contribution in [2.24, 2.45) is 17.3 Å². The van der Waals surface area contributed by atoms with E-state index in [1.54, 1.807) is 13.8 Å². The summed E-state index contributed by atoms with van der Waals surface area (Å²) in [4.78, 5) is 13.9. The molecule has 1 amide bonds. The second-order valence-electron chi connectivity index (χ2n) is 5.39. The van der Waals surface area contributed by atoms with Crippen molar-refractivity contribution in [3.63, 3.8) is 0 Å². The number of hydrogen-bond acceptors (Lipinski definition) is 2. The lowest BCUT2D eigenvalue weighted by Crippen LogP contribution is -2.47. The van der Waals surface area contributed by atoms with Gasteiger partial charge >= 0.3 is 0 Å². The van der Waals surface area contributed by atoms with Crippen molar-refractivity contribution in [2.45, 2.75) is 34.1 Å². The number of likely N-dealkylation sites (tertiary alicyclic amines) is 1. The summed E-state index contributed by atoms with van der Waals surface area (Å²) in [5, 5.41) is 8.93. The van der Waals surface area contributed by atoms with Crippen LogP contribution in [-0.2, 0) is 4.79 Å². The Morgan fingerprint density at radius 3 is 2.20 bits per heavy atom. The average Bonchev–Trinajstić information content (AvgIpc) is 2.15. The third-order valence-corrected chi connectivity index (χ3v) is 2.97. The van der Waals surface area contributed by atoms with Gasteiger partial charge in [-0.2, -0.15) is 5.26 Å². The maximum atomic E-state index is 12.0. The summed E-state index contributed by atoms with van der Waals surface area (Å²) in [7, 11) is 0. The molecule has 0 saturated carbocycles. The van der Waals surface area contributed by atoms with Crippen LogP contribution in [0.15, 0.2) is 0 Å². The molecule has 1 aliphatic rings. The summed E-state index contributed by atoms with van der Waals surface area (Å²) in [6.45, 7) is 9.31. The topological polar surface area (TPSA) is 44.1 Å². The third-order valence-electron chi connectivity index (χ3n) is 2.97. The van der Waals surface area contributed by atoms with E-state index in [9.17, 15) is 4.79 Å². The molecule has 0 aliphatic carbocycles. The minimum atomic E-state index is -0.878. The Balaban J connectivity index is 2.73. The summed E-state index contributed by atoms with van der Waals surface area (Å²) in [6, 6.07) is 2.08. The van der Waals surface area contributed by atoms with Crippen LogP contribution in [0.1, 0.15) is 34.1 Å². The van der Waals surface area contributed by atoms with Crippen molar-refractivity contribution in [3.8, 4) is 6.07 Å². The molecule has 0 aromatic heterocycles. The number of hydrogen-bond donors (Lipinski definition) is 0. The molecule has 0 N–H and O–H groups in total. The molecule has 0 radical (unpaired) electrons. The molecule has 2 unspecified atom stereocenters. The van der Waals surface area contributed by atoms with Crippen LogP contribution in [0, 0.1) is 28.6 Å². The van der Waals surface area contributed by atoms with Gasteiger partial charge < -0.3 is 4.90 Å². The smallest absolute Gasteiger partial charge is 0.242 e. The van der Waals surface area contributed by atoms with Gasteiger partial charge in [0.1, 0.15) is 5.41 Å². The van der Waals surface area contributed by atoms with Crippen molar-refractivity contribution in [1.29, 1.82) is 5.26 Å². The highest BCUT2D eigenvalue weighted by Crippen LogP contribution is 2.25. The monoisotopic (exact) mass is 208 g/mol. The summed E-state index contributed by atoms with van der Waals surface area (Å²) in [6.07, 6.45) is 1.18. The Labute approximate surface area is 92.1 Å². The zero-order chi connectivity index (χ0) is 11.6. The number of nitriles is 1. The Morgan fingerprint density at radius 1 is 1.33 bits per heavy atom. The van der Waals surface area contributed by atoms with Gasteiger partial charge in [-0.05, 0) is 32.1 Å². The van der Waals surface area contributed by atoms with Gasteiger partial charge in [-0.25, -0.2) is 0 Å². The molecule has 1 rings (SSSR count). The lowest BCUT2D eigenvalue weighted by atomic mass is 9.88. The van der Waals surface area contributed by atoms with Crippen molar-refractivity contribution in [3.05, 3.63) is 0 Å². The zero-order valence-electron chi connectivity index (χ0n) is 10.1. The van der Waals surface area contributed by atoms with E-state index >= 15 is 0 Å². The molecule has 0 aromatic rings. The number of amides is 1. The Morgan fingerprint density at radius 2 is 1.80 bits per heavy atom. The molecule has 0 spiro atoms. The first-order valence-electron chi connectivity index (χ1n) is 5.57. The van der Waals surface area contributed by atoms with Gasteiger partial charge in [-0.3, -0.25) is 4.79 Å². The van der Waals surface area contributed by atoms with Crippen LogP contribution < -0.4 is 0 Å². The van der Waals surface area contributed by atoms with Gasteiger partial charge in [0, 0.05) is 13.1 Å². The van der Waals surface area contributed by atoms with Crippen LogP contribution in [-0.4, -0.2) is 23.9 Å². The summed E-state index contributed by atoms with van der Waals surface area (Å²) in [5.74, 6) is 1.07. The fourth-order valence-electron chi connectivity index (χ4n) is 2.27. The van der Waals surface area contributed by atoms with E-state index in [1.165, 1.54) is 6.42 Å². The van der Waals surface area contributed by atoms with Crippen molar-refractivity contribution < 1.29 is 4.79 Å². The van der Waals surface area contributed by atoms with Crippen molar-refractivity contribution in [1.82, 2.24) is 4.90 Å². The average molecular weight is 208 g/mol. The predicted octanol–water partition coefficient (Wildman–Crippen LogP) is 2.04. The molecule has 1 aliphatic heterocycles. The molecular weight excluding hydrogens is 188 g/mol. The van der Waals surface area contributed by atoms with E-state index in [2.05, 4.69) is 19.9 Å². The number of piperidine rings is 1. The van der Waals surface area contributed by atoms with E-state index in [0.29, 0.717) is 11.8 Å². The van der Waals surface area contributed by atoms with Crippen LogP contribution in [0.5, 0.6) is 0 Å². The fraction of sp³-hybridized carbons (Fsp3) is 0.833. The quantitative estimate of drug-likeness (QED) is 0.662. The van der Waals surface area contributed by atoms with Crippen LogP contribution >= 0.6 is 0 Å². The first-order valence-corrected chi connectivity index (χ1v) is 5.57. The van der Waals surface area contributed by atoms with Gasteiger partial charge in [0.15, 0.2) is 0 Å². The predicted molar refractivity (Wildman–Crippen MR) is 58.9 cm³/mol. The van der Waals surface area contributed by atoms with E-state index in [1.807, 2.05) is 4.90 Å². The van der Waals surface area contributed by atoms with Crippen molar-refractivity contribution in [2.75, 3.05) is 13.1 Å². The first-order chi connectivity index (χ1) is 6.86. The highest BCUT2D eigenvalue weighted by molar-refractivity contribution is 5.84. The van der Waals surface area contributed by atoms with E-state index in [4.69, 9.17) is 5.26 Å². The molecule has 0 bridgehead atoms. The van der Waals surface area contributed by atoms with Crippen LogP contribution in [0.3, 0.4) is 0 Å². The molecule has 84 valence electrons. The molecule has 1 saturated heterocycles. The van der Waals surface area contributed by atoms with Gasteiger partial charge in [-0.1, -0.05) is 13.8 Å². The Bertz CT molecular complexity index is 280. The van der Waals surface area contributed by atoms with Crippen molar-refractivity contribution >= 4 is 5.91 Å². The van der Waals surface area contributed by atoms with Crippen LogP contribution in [0.2, 0.25) is 0 Å². The van der Waals surface area contributed by atoms with E-state index in [-0.39, 0.29) is 5.91 Å². The molecule has 3 nitrogen and oxygen atoms in total. The maximum absolute atomic E-state index is 12.0. The summed E-state index contributed by atoms with van der Waals surface area (Å²) < 4.78 is 0. The Hall–Kier alpha value is -1.04. The van der Waals surface area contributed by atoms with Gasteiger partial charge in [0.25, 0.3) is 0 Å². The van der Waals surface area contributed by atoms with Gasteiger partial charge in [-0.15, -0.1) is 0 Å². The summed E-state index contributed by atoms with van der Waals surface area (Å²) >= 11 is 0. The number of carbonyl (C=O) groups excluding carboxylic acids is 1. The first kappa shape index (κ1) is 12.0. The molecule has 1 fully saturated rings. The minimum Gasteiger partial charge on any atom is -0.341 e. The number of nitrogens with zero attached hydrogens (tertiary/aromatic N) is 2. The number of carbonyl (C=O) groups is 1. The standard InChI is InChI=1S/C12H20N2O/c1-9-5-10(2)7-14(6-9)11(15)12(3,4)8-13/h9-10H,5-7H2,1-4H3. The summed E-state index contributed by atoms with van der Waals surface area (Å²) in [5.41, 5.74) is -0.878. The molecule has 3 heteroatoms. The van der Waals surface area contributed by atoms with E-state index < -0.39 is 5.41 Å². The fourth-order valence-corrected chi connectivity index (χ4v) is 2.27. The molecular formula is C12H20N2O. The second-order valence-corrected chi connectivity index (χ2v) is 5.39. The minimum absolute atomic E-state index is 0.0246. The Kier molecular flexibility index (Phi) is 3.38. The molecule has 15 heavy (non-hydrogen) atoms. The largest absolute Gasteiger partial charge is 0.341 e. The van der Waals surface area contributed by atoms with Gasteiger partial charge in [0.2, 0.25) is 5.91 Å². The maximum Gasteiger partial charge on any atom is 0.242 e. The zero-order valence-corrected chi connectivity index (χ0v) is 10.1.